The van der Waals surface area contributed by atoms with Crippen LogP contribution in [0.5, 0.6) is 5.75 Å². The Labute approximate surface area is 215 Å². The number of anilines is 1. The Morgan fingerprint density at radius 1 is 1.17 bits per heavy atom. The van der Waals surface area contributed by atoms with Gasteiger partial charge in [0.05, 0.1) is 17.1 Å². The molecule has 0 spiro atoms. The number of amides is 1. The Bertz CT molecular complexity index is 1480. The van der Waals surface area contributed by atoms with Crippen molar-refractivity contribution in [3.8, 4) is 5.75 Å². The molecule has 1 aromatic heterocycles. The molecule has 0 atom stereocenters. The predicted molar refractivity (Wildman–Crippen MR) is 143 cm³/mol. The number of rotatable bonds is 7. The zero-order valence-electron chi connectivity index (χ0n) is 19.1. The summed E-state index contributed by atoms with van der Waals surface area (Å²) >= 11 is 9.58. The molecule has 0 unspecified atom stereocenters. The van der Waals surface area contributed by atoms with E-state index in [-0.39, 0.29) is 18.1 Å². The van der Waals surface area contributed by atoms with E-state index in [1.54, 1.807) is 30.3 Å². The summed E-state index contributed by atoms with van der Waals surface area (Å²) in [6.45, 7) is 3.67. The Kier molecular flexibility index (Phi) is 7.63. The predicted octanol–water partition coefficient (Wildman–Crippen LogP) is 5.58. The lowest BCUT2D eigenvalue weighted by atomic mass is 10.2. The first-order valence-corrected chi connectivity index (χ1v) is 12.1. The lowest BCUT2D eigenvalue weighted by molar-refractivity contribution is -0.118. The van der Waals surface area contributed by atoms with E-state index in [0.29, 0.717) is 45.2 Å². The Morgan fingerprint density at radius 3 is 2.69 bits per heavy atom. The maximum absolute atomic E-state index is 13.1. The van der Waals surface area contributed by atoms with E-state index in [0.717, 1.165) is 10.0 Å². The molecule has 9 heteroatoms. The van der Waals surface area contributed by atoms with Crippen LogP contribution in [0.4, 0.5) is 5.69 Å². The zero-order valence-corrected chi connectivity index (χ0v) is 21.4. The van der Waals surface area contributed by atoms with Crippen LogP contribution in [0.25, 0.3) is 10.9 Å². The first-order chi connectivity index (χ1) is 16.8. The fourth-order valence-electron chi connectivity index (χ4n) is 3.39. The number of fused-ring (bicyclic) bond motifs is 1. The summed E-state index contributed by atoms with van der Waals surface area (Å²) in [6.07, 6.45) is 1.99. The molecule has 0 aliphatic rings. The topological polar surface area (TPSA) is 85.6 Å². The highest BCUT2D eigenvalue weighted by Crippen LogP contribution is 2.22. The molecule has 0 bridgehead atoms. The van der Waals surface area contributed by atoms with E-state index >= 15 is 0 Å². The molecule has 1 amide bonds. The lowest BCUT2D eigenvalue weighted by Gasteiger charge is -2.11. The lowest BCUT2D eigenvalue weighted by Crippen LogP contribution is -2.22. The third kappa shape index (κ3) is 5.96. The van der Waals surface area contributed by atoms with Crippen LogP contribution in [0.2, 0.25) is 5.02 Å². The van der Waals surface area contributed by atoms with Crippen LogP contribution in [0.15, 0.2) is 75.0 Å². The fourth-order valence-corrected chi connectivity index (χ4v) is 3.93. The van der Waals surface area contributed by atoms with Crippen LogP contribution < -0.4 is 15.6 Å². The van der Waals surface area contributed by atoms with Gasteiger partial charge >= 0.3 is 0 Å². The van der Waals surface area contributed by atoms with Crippen LogP contribution in [-0.2, 0) is 11.2 Å². The van der Waals surface area contributed by atoms with Crippen molar-refractivity contribution in [2.24, 2.45) is 5.10 Å². The van der Waals surface area contributed by atoms with Gasteiger partial charge in [0, 0.05) is 27.2 Å². The number of carbonyl (C=O) groups excluding carboxylic acids is 1. The summed E-state index contributed by atoms with van der Waals surface area (Å²) in [6, 6.07) is 17.8. The van der Waals surface area contributed by atoms with Gasteiger partial charge in [-0.2, -0.15) is 9.78 Å². The summed E-state index contributed by atoms with van der Waals surface area (Å²) in [5, 5.41) is 8.10. The minimum absolute atomic E-state index is 0.206. The van der Waals surface area contributed by atoms with Gasteiger partial charge in [-0.05, 0) is 55.5 Å². The average molecular weight is 554 g/mol. The number of nitrogens with one attached hydrogen (secondary N) is 1. The van der Waals surface area contributed by atoms with Crippen LogP contribution in [-0.4, -0.2) is 28.4 Å². The van der Waals surface area contributed by atoms with E-state index in [1.807, 2.05) is 44.2 Å². The third-order valence-electron chi connectivity index (χ3n) is 5.17. The second kappa shape index (κ2) is 10.8. The van der Waals surface area contributed by atoms with Crippen molar-refractivity contribution in [3.05, 3.63) is 97.5 Å². The highest BCUT2D eigenvalue weighted by atomic mass is 79.9. The summed E-state index contributed by atoms with van der Waals surface area (Å²) in [5.74, 6) is 0.614. The van der Waals surface area contributed by atoms with Gasteiger partial charge in [-0.15, -0.1) is 0 Å². The van der Waals surface area contributed by atoms with E-state index in [1.165, 1.54) is 10.9 Å². The summed E-state index contributed by atoms with van der Waals surface area (Å²) in [5.41, 5.74) is 2.62. The van der Waals surface area contributed by atoms with E-state index in [2.05, 4.69) is 31.3 Å². The zero-order chi connectivity index (χ0) is 24.9. The molecule has 0 aliphatic heterocycles. The summed E-state index contributed by atoms with van der Waals surface area (Å²) < 4.78 is 7.78. The molecule has 1 heterocycles. The molecule has 1 N–H and O–H groups in total. The largest absolute Gasteiger partial charge is 0.483 e. The normalized spacial score (nSPS) is 11.2. The highest BCUT2D eigenvalue weighted by molar-refractivity contribution is 9.10. The van der Waals surface area contributed by atoms with E-state index < -0.39 is 0 Å². The molecule has 178 valence electrons. The number of ether oxygens (including phenoxy) is 1. The molecule has 4 rings (SSSR count). The summed E-state index contributed by atoms with van der Waals surface area (Å²) in [7, 11) is 0. The number of nitrogens with zero attached hydrogens (tertiary/aromatic N) is 3. The van der Waals surface area contributed by atoms with Crippen molar-refractivity contribution < 1.29 is 9.53 Å². The molecule has 0 fully saturated rings. The Hall–Kier alpha value is -3.49. The monoisotopic (exact) mass is 552 g/mol. The molecule has 0 saturated heterocycles. The molecular weight excluding hydrogens is 532 g/mol. The number of hydrogen-bond donors (Lipinski definition) is 1. The molecule has 3 aromatic carbocycles. The van der Waals surface area contributed by atoms with E-state index in [9.17, 15) is 9.59 Å². The number of aryl methyl sites for hydroxylation is 2. The van der Waals surface area contributed by atoms with Gasteiger partial charge in [-0.1, -0.05) is 52.2 Å². The second-order valence-electron chi connectivity index (χ2n) is 7.79. The Balaban J connectivity index is 1.59. The smallest absolute Gasteiger partial charge is 0.282 e. The van der Waals surface area contributed by atoms with Gasteiger partial charge in [-0.3, -0.25) is 9.59 Å². The number of halogens is 2. The van der Waals surface area contributed by atoms with Gasteiger partial charge in [0.15, 0.2) is 6.61 Å². The number of aromatic nitrogens is 2. The number of carbonyl (C=O) groups is 1. The molecule has 0 aliphatic carbocycles. The van der Waals surface area contributed by atoms with Crippen molar-refractivity contribution >= 4 is 56.2 Å². The van der Waals surface area contributed by atoms with Crippen molar-refractivity contribution in [1.29, 1.82) is 0 Å². The fraction of sp³-hybridized carbons (Fsp3) is 0.154. The SMILES string of the molecule is CCc1nc2ccc(Br)cc2c(=O)n1N=Cc1cc(Cl)ccc1OCC(=O)Nc1ccc(C)cc1. The summed E-state index contributed by atoms with van der Waals surface area (Å²) in [4.78, 5) is 30.0. The first kappa shape index (κ1) is 24.6. The van der Waals surface area contributed by atoms with Gasteiger partial charge in [-0.25, -0.2) is 4.98 Å². The van der Waals surface area contributed by atoms with Crippen molar-refractivity contribution in [1.82, 2.24) is 9.66 Å². The van der Waals surface area contributed by atoms with Gasteiger partial charge in [0.1, 0.15) is 11.6 Å². The minimum Gasteiger partial charge on any atom is -0.483 e. The van der Waals surface area contributed by atoms with Gasteiger partial charge in [0.25, 0.3) is 11.5 Å². The minimum atomic E-state index is -0.305. The van der Waals surface area contributed by atoms with Crippen LogP contribution in [0.1, 0.15) is 23.9 Å². The molecular formula is C26H22BrClN4O3. The van der Waals surface area contributed by atoms with Gasteiger partial charge in [0.2, 0.25) is 0 Å². The third-order valence-corrected chi connectivity index (χ3v) is 5.90. The van der Waals surface area contributed by atoms with Crippen LogP contribution in [0.3, 0.4) is 0 Å². The maximum Gasteiger partial charge on any atom is 0.282 e. The molecule has 35 heavy (non-hydrogen) atoms. The van der Waals surface area contributed by atoms with Gasteiger partial charge < -0.3 is 10.1 Å². The standard InChI is InChI=1S/C26H22BrClN4O3/c1-3-24-31-22-10-6-18(27)13-21(22)26(34)32(24)29-14-17-12-19(28)7-11-23(17)35-15-25(33)30-20-8-4-16(2)5-9-20/h4-14H,3,15H2,1-2H3,(H,30,33). The second-order valence-corrected chi connectivity index (χ2v) is 9.14. The van der Waals surface area contributed by atoms with Crippen LogP contribution in [0, 0.1) is 6.92 Å². The van der Waals surface area contributed by atoms with E-state index in [4.69, 9.17) is 16.3 Å². The Morgan fingerprint density at radius 2 is 1.94 bits per heavy atom. The van der Waals surface area contributed by atoms with Crippen molar-refractivity contribution in [2.45, 2.75) is 20.3 Å². The molecule has 0 saturated carbocycles. The highest BCUT2D eigenvalue weighted by Gasteiger charge is 2.11. The van der Waals surface area contributed by atoms with Crippen molar-refractivity contribution in [3.63, 3.8) is 0 Å². The molecule has 7 nitrogen and oxygen atoms in total. The maximum atomic E-state index is 13.1. The quantitative estimate of drug-likeness (QED) is 0.303. The van der Waals surface area contributed by atoms with Crippen molar-refractivity contribution in [2.75, 3.05) is 11.9 Å². The average Bonchev–Trinajstić information content (AvgIpc) is 2.84. The number of benzene rings is 3. The number of hydrogen-bond acceptors (Lipinski definition) is 5. The van der Waals surface area contributed by atoms with Crippen LogP contribution >= 0.6 is 27.5 Å². The molecule has 0 radical (unpaired) electrons. The first-order valence-electron chi connectivity index (χ1n) is 10.9. The molecule has 4 aromatic rings.